The number of carbonyl (C=O) groups is 2. The van der Waals surface area contributed by atoms with Crippen molar-refractivity contribution in [1.29, 1.82) is 0 Å². The van der Waals surface area contributed by atoms with Crippen LogP contribution in [0.5, 0.6) is 0 Å². The van der Waals surface area contributed by atoms with E-state index < -0.39 is 67.4 Å². The van der Waals surface area contributed by atoms with Gasteiger partial charge in [0.15, 0.2) is 12.4 Å². The molecule has 11 nitrogen and oxygen atoms in total. The summed E-state index contributed by atoms with van der Waals surface area (Å²) < 4.78 is 17.6. The number of carbonyl (C=O) groups excluding carboxylic acids is 2. The van der Waals surface area contributed by atoms with Gasteiger partial charge in [0.25, 0.3) is 0 Å². The number of hydrogen-bond donors (Lipinski definition) is 6. The number of unbranched alkanes of at least 4 members (excludes halogenated alkanes) is 31. The van der Waals surface area contributed by atoms with Crippen LogP contribution in [0, 0.1) is 0 Å². The number of ether oxygens (including phenoxy) is 3. The molecule has 0 aliphatic carbocycles. The molecule has 0 saturated carbocycles. The molecule has 0 aromatic carbocycles. The minimum Gasteiger partial charge on any atom is -0.454 e. The van der Waals surface area contributed by atoms with E-state index in [1.54, 1.807) is 6.08 Å². The lowest BCUT2D eigenvalue weighted by atomic mass is 9.99. The molecular formula is C68H121NO10. The van der Waals surface area contributed by atoms with Gasteiger partial charge in [-0.25, -0.2) is 0 Å². The Kier molecular flexibility index (Phi) is 52.2. The molecule has 0 bridgehead atoms. The van der Waals surface area contributed by atoms with E-state index in [0.29, 0.717) is 12.8 Å². The largest absolute Gasteiger partial charge is 0.454 e. The highest BCUT2D eigenvalue weighted by Crippen LogP contribution is 2.26. The van der Waals surface area contributed by atoms with Crippen LogP contribution in [0.3, 0.4) is 0 Å². The number of allylic oxidation sites excluding steroid dienone is 11. The van der Waals surface area contributed by atoms with E-state index in [1.165, 1.54) is 167 Å². The van der Waals surface area contributed by atoms with Gasteiger partial charge in [0.05, 0.1) is 25.4 Å². The maximum Gasteiger partial charge on any atom is 0.306 e. The fourth-order valence-corrected chi connectivity index (χ4v) is 9.87. The lowest BCUT2D eigenvalue weighted by molar-refractivity contribution is -0.305. The minimum atomic E-state index is -1.63. The Morgan fingerprint density at radius 2 is 0.873 bits per heavy atom. The number of aliphatic hydroxyl groups is 5. The molecule has 1 rings (SSSR count). The Balaban J connectivity index is 2.68. The van der Waals surface area contributed by atoms with Crippen molar-refractivity contribution in [2.45, 2.75) is 333 Å². The van der Waals surface area contributed by atoms with Crippen molar-refractivity contribution in [2.24, 2.45) is 0 Å². The van der Waals surface area contributed by atoms with Crippen LogP contribution in [-0.4, -0.2) is 99.6 Å². The Bertz CT molecular complexity index is 1560. The van der Waals surface area contributed by atoms with Crippen LogP contribution in [0.25, 0.3) is 0 Å². The Hall–Kier alpha value is -2.90. The third-order valence-electron chi connectivity index (χ3n) is 15.1. The zero-order valence-electron chi connectivity index (χ0n) is 50.7. The van der Waals surface area contributed by atoms with Crippen LogP contribution in [0.2, 0.25) is 0 Å². The van der Waals surface area contributed by atoms with E-state index in [9.17, 15) is 35.1 Å². The van der Waals surface area contributed by atoms with Crippen molar-refractivity contribution in [3.63, 3.8) is 0 Å². The molecule has 458 valence electrons. The number of amides is 1. The quantitative estimate of drug-likeness (QED) is 0.0195. The smallest absolute Gasteiger partial charge is 0.306 e. The van der Waals surface area contributed by atoms with Crippen molar-refractivity contribution in [3.05, 3.63) is 72.9 Å². The Morgan fingerprint density at radius 1 is 0.494 bits per heavy atom. The molecule has 0 spiro atoms. The summed E-state index contributed by atoms with van der Waals surface area (Å²) in [5, 5.41) is 57.0. The SMILES string of the molecule is CCCCC/C=C\C/C=C\C/C=C\C/C=C\CCC(O)C(=O)NC(COC1OC(CO)C(O)C(O)C1OC(=O)CCCCCCCCCCCCC/C=C/CCCCCCCC)C(O)/C=C/CCCCCCCCCCCCC. The molecule has 8 atom stereocenters. The lowest BCUT2D eigenvalue weighted by Crippen LogP contribution is -2.61. The monoisotopic (exact) mass is 1110 g/mol. The molecule has 1 heterocycles. The zero-order valence-corrected chi connectivity index (χ0v) is 50.7. The molecule has 1 amide bonds. The fraction of sp³-hybridized carbons (Fsp3) is 0.794. The Morgan fingerprint density at radius 3 is 1.34 bits per heavy atom. The average molecular weight is 1110 g/mol. The molecule has 11 heteroatoms. The lowest BCUT2D eigenvalue weighted by Gasteiger charge is -2.41. The topological polar surface area (TPSA) is 175 Å². The van der Waals surface area contributed by atoms with Gasteiger partial charge >= 0.3 is 5.97 Å². The average Bonchev–Trinajstić information content (AvgIpc) is 3.49. The second-order valence-electron chi connectivity index (χ2n) is 22.5. The van der Waals surface area contributed by atoms with Crippen molar-refractivity contribution < 1.29 is 49.3 Å². The molecule has 79 heavy (non-hydrogen) atoms. The number of nitrogens with one attached hydrogen (secondary N) is 1. The molecule has 1 aliphatic rings. The first-order chi connectivity index (χ1) is 38.7. The Labute approximate surface area is 483 Å². The molecule has 1 fully saturated rings. The summed E-state index contributed by atoms with van der Waals surface area (Å²) in [6.07, 6.45) is 60.9. The highest BCUT2D eigenvalue weighted by Gasteiger charge is 2.47. The van der Waals surface area contributed by atoms with Gasteiger partial charge in [-0.1, -0.05) is 261 Å². The fourth-order valence-electron chi connectivity index (χ4n) is 9.87. The highest BCUT2D eigenvalue weighted by atomic mass is 16.7. The number of rotatable bonds is 55. The molecule has 6 N–H and O–H groups in total. The zero-order chi connectivity index (χ0) is 57.5. The normalized spacial score (nSPS) is 19.3. The maximum atomic E-state index is 13.4. The van der Waals surface area contributed by atoms with E-state index in [-0.39, 0.29) is 19.4 Å². The molecule has 8 unspecified atom stereocenters. The van der Waals surface area contributed by atoms with Crippen LogP contribution in [-0.2, 0) is 23.8 Å². The molecule has 0 aromatic heterocycles. The standard InChI is InChI=1S/C68H121NO10/c1-4-7-10-13-16-19-22-25-27-29-30-31-32-33-35-38-41-44-47-50-53-56-63(73)79-66-65(75)64(74)62(57-70)78-68(66)77-58-59(60(71)54-51-48-45-42-39-36-24-21-18-15-12-9-6-3)69-67(76)61(72)55-52-49-46-43-40-37-34-28-26-23-20-17-14-11-8-5-2/h17,20,25-28,37,40,46,49,51,54,59-62,64-66,68,70-72,74-75H,4-16,18-19,21-24,29-36,38-39,41-45,47-48,50,52-53,55-58H2,1-3H3,(H,69,76)/b20-17-,27-25+,28-26-,40-37-,49-46-,54-51+. The third-order valence-corrected chi connectivity index (χ3v) is 15.1. The summed E-state index contributed by atoms with van der Waals surface area (Å²) in [6.45, 7) is 5.74. The summed E-state index contributed by atoms with van der Waals surface area (Å²) in [4.78, 5) is 26.6. The van der Waals surface area contributed by atoms with Gasteiger partial charge in [0.1, 0.15) is 24.4 Å². The molecule has 1 aliphatic heterocycles. The van der Waals surface area contributed by atoms with Crippen LogP contribution in [0.15, 0.2) is 72.9 Å². The molecule has 0 radical (unpaired) electrons. The van der Waals surface area contributed by atoms with E-state index in [4.69, 9.17) is 14.2 Å². The molecular weight excluding hydrogens is 991 g/mol. The van der Waals surface area contributed by atoms with Gasteiger partial charge in [-0.2, -0.15) is 0 Å². The van der Waals surface area contributed by atoms with Gasteiger partial charge in [-0.05, 0) is 89.9 Å². The van der Waals surface area contributed by atoms with Crippen molar-refractivity contribution >= 4 is 11.9 Å². The van der Waals surface area contributed by atoms with E-state index >= 15 is 0 Å². The van der Waals surface area contributed by atoms with Gasteiger partial charge in [0, 0.05) is 6.42 Å². The summed E-state index contributed by atoms with van der Waals surface area (Å²) >= 11 is 0. The van der Waals surface area contributed by atoms with Crippen LogP contribution in [0.1, 0.15) is 284 Å². The first-order valence-corrected chi connectivity index (χ1v) is 32.7. The second kappa shape index (κ2) is 55.6. The van der Waals surface area contributed by atoms with Gasteiger partial charge in [-0.15, -0.1) is 0 Å². The predicted octanol–water partition coefficient (Wildman–Crippen LogP) is 16.0. The number of hydrogen-bond acceptors (Lipinski definition) is 10. The first-order valence-electron chi connectivity index (χ1n) is 32.7. The van der Waals surface area contributed by atoms with Crippen LogP contribution in [0.4, 0.5) is 0 Å². The third kappa shape index (κ3) is 43.5. The summed E-state index contributed by atoms with van der Waals surface area (Å²) in [6, 6.07) is -1.05. The van der Waals surface area contributed by atoms with Crippen molar-refractivity contribution in [3.8, 4) is 0 Å². The van der Waals surface area contributed by atoms with Crippen LogP contribution >= 0.6 is 0 Å². The maximum absolute atomic E-state index is 13.4. The van der Waals surface area contributed by atoms with Gasteiger partial charge in [0.2, 0.25) is 5.91 Å². The predicted molar refractivity (Wildman–Crippen MR) is 329 cm³/mol. The molecule has 1 saturated heterocycles. The number of aliphatic hydroxyl groups excluding tert-OH is 5. The summed E-state index contributed by atoms with van der Waals surface area (Å²) in [7, 11) is 0. The summed E-state index contributed by atoms with van der Waals surface area (Å²) in [5.74, 6) is -1.25. The first kappa shape index (κ1) is 74.1. The van der Waals surface area contributed by atoms with E-state index in [1.807, 2.05) is 18.2 Å². The highest BCUT2D eigenvalue weighted by molar-refractivity contribution is 5.80. The van der Waals surface area contributed by atoms with Gasteiger partial charge in [-0.3, -0.25) is 9.59 Å². The number of esters is 1. The van der Waals surface area contributed by atoms with E-state index in [2.05, 4.69) is 74.7 Å². The van der Waals surface area contributed by atoms with Crippen LogP contribution < -0.4 is 5.32 Å². The van der Waals surface area contributed by atoms with E-state index in [0.717, 1.165) is 70.6 Å². The summed E-state index contributed by atoms with van der Waals surface area (Å²) in [5.41, 5.74) is 0. The van der Waals surface area contributed by atoms with Gasteiger partial charge < -0.3 is 45.1 Å². The second-order valence-corrected chi connectivity index (χ2v) is 22.5. The van der Waals surface area contributed by atoms with Crippen molar-refractivity contribution in [1.82, 2.24) is 5.32 Å². The van der Waals surface area contributed by atoms with Crippen molar-refractivity contribution in [2.75, 3.05) is 13.2 Å². The minimum absolute atomic E-state index is 0.115. The molecule has 0 aromatic rings.